The van der Waals surface area contributed by atoms with Crippen LogP contribution in [-0.2, 0) is 18.9 Å². The fourth-order valence-electron chi connectivity index (χ4n) is 2.29. The lowest BCUT2D eigenvalue weighted by molar-refractivity contribution is -0.545. The van der Waals surface area contributed by atoms with E-state index in [9.17, 15) is 80.5 Å². The summed E-state index contributed by atoms with van der Waals surface area (Å²) in [6, 6.07) is 0. The number of aliphatic hydroxyl groups excluding tert-OH is 4. The maximum atomic E-state index is 13.9. The molecule has 0 saturated carbocycles. The van der Waals surface area contributed by atoms with E-state index >= 15 is 0 Å². The molecule has 1 fully saturated rings. The van der Waals surface area contributed by atoms with E-state index in [1.165, 1.54) is 4.74 Å². The van der Waals surface area contributed by atoms with Crippen LogP contribution >= 0.6 is 0 Å². The van der Waals surface area contributed by atoms with Gasteiger partial charge >= 0.3 is 42.5 Å². The Morgan fingerprint density at radius 3 is 1.55 bits per heavy atom. The van der Waals surface area contributed by atoms with E-state index in [-0.39, 0.29) is 0 Å². The number of alkyl halides is 16. The molecule has 1 aliphatic rings. The Morgan fingerprint density at radius 1 is 0.658 bits per heavy atom. The number of rotatable bonds is 10. The molecule has 24 heteroatoms. The summed E-state index contributed by atoms with van der Waals surface area (Å²) >= 11 is 0. The van der Waals surface area contributed by atoms with Gasteiger partial charge in [-0.25, -0.2) is 4.39 Å². The molecule has 8 nitrogen and oxygen atoms in total. The first-order valence-corrected chi connectivity index (χ1v) is 8.93. The molecule has 1 heterocycles. The summed E-state index contributed by atoms with van der Waals surface area (Å²) in [5.41, 5.74) is 0. The van der Waals surface area contributed by atoms with Gasteiger partial charge in [0, 0.05) is 0 Å². The van der Waals surface area contributed by atoms with Gasteiger partial charge in [0.25, 0.3) is 6.36 Å². The molecule has 0 aromatic carbocycles. The van der Waals surface area contributed by atoms with Crippen LogP contribution < -0.4 is 0 Å². The zero-order valence-electron chi connectivity index (χ0n) is 17.1. The lowest BCUT2D eigenvalue weighted by Gasteiger charge is -2.39. The highest BCUT2D eigenvalue weighted by molar-refractivity contribution is 4.94. The quantitative estimate of drug-likeness (QED) is 0.278. The zero-order chi connectivity index (χ0) is 30.5. The van der Waals surface area contributed by atoms with Crippen LogP contribution in [0, 0.1) is 0 Å². The molecule has 228 valence electrons. The molecule has 0 spiro atoms. The maximum Gasteiger partial charge on any atom is 0.462 e. The Balaban J connectivity index is 3.18. The first kappa shape index (κ1) is 34.6. The summed E-state index contributed by atoms with van der Waals surface area (Å²) in [5.74, 6) is -15.7. The van der Waals surface area contributed by atoms with Gasteiger partial charge in [-0.05, 0) is 0 Å². The second-order valence-electron chi connectivity index (χ2n) is 7.14. The third-order valence-electron chi connectivity index (χ3n) is 4.37. The van der Waals surface area contributed by atoms with Crippen molar-refractivity contribution in [2.75, 3.05) is 6.61 Å². The first-order valence-electron chi connectivity index (χ1n) is 8.93. The van der Waals surface area contributed by atoms with Gasteiger partial charge in [-0.2, -0.15) is 65.9 Å². The summed E-state index contributed by atoms with van der Waals surface area (Å²) in [5, 5.41) is 37.1. The number of ether oxygens (including phenoxy) is 4. The van der Waals surface area contributed by atoms with Crippen molar-refractivity contribution in [2.24, 2.45) is 0 Å². The van der Waals surface area contributed by atoms with Crippen molar-refractivity contribution in [1.29, 1.82) is 0 Å². The molecule has 0 aromatic rings. The van der Waals surface area contributed by atoms with E-state index in [1.807, 2.05) is 0 Å². The van der Waals surface area contributed by atoms with Gasteiger partial charge in [-0.15, -0.1) is 0 Å². The van der Waals surface area contributed by atoms with Gasteiger partial charge in [0.15, 0.2) is 6.29 Å². The molecule has 0 bridgehead atoms. The predicted molar refractivity (Wildman–Crippen MR) is 77.7 cm³/mol. The fourth-order valence-corrected chi connectivity index (χ4v) is 2.29. The molecule has 7 atom stereocenters. The van der Waals surface area contributed by atoms with Crippen LogP contribution in [0.5, 0.6) is 0 Å². The van der Waals surface area contributed by atoms with Gasteiger partial charge < -0.3 is 29.9 Å². The summed E-state index contributed by atoms with van der Waals surface area (Å²) in [6.45, 7) is -2.00. The Kier molecular flexibility index (Phi) is 9.57. The zero-order valence-corrected chi connectivity index (χ0v) is 17.1. The Labute approximate surface area is 197 Å². The maximum absolute atomic E-state index is 13.9. The summed E-state index contributed by atoms with van der Waals surface area (Å²) in [6.07, 6.45) is -54.2. The monoisotopic (exact) mass is 612 g/mol. The lowest BCUT2D eigenvalue weighted by Crippen LogP contribution is -2.66. The topological polar surface area (TPSA) is 118 Å². The summed E-state index contributed by atoms with van der Waals surface area (Å²) in [7, 11) is 0. The van der Waals surface area contributed by atoms with Crippen LogP contribution in [0.4, 0.5) is 70.2 Å². The number of aliphatic hydroxyl groups is 4. The van der Waals surface area contributed by atoms with Crippen molar-refractivity contribution in [3.8, 4) is 0 Å². The van der Waals surface area contributed by atoms with Crippen LogP contribution in [0.15, 0.2) is 0 Å². The van der Waals surface area contributed by atoms with Gasteiger partial charge in [-0.1, -0.05) is 0 Å². The average molecular weight is 612 g/mol. The van der Waals surface area contributed by atoms with Crippen LogP contribution in [0.25, 0.3) is 0 Å². The molecular formula is C14H12F16O8. The Bertz CT molecular complexity index is 806. The van der Waals surface area contributed by atoms with Crippen molar-refractivity contribution in [2.45, 2.75) is 79.5 Å². The van der Waals surface area contributed by atoms with Gasteiger partial charge in [0.1, 0.15) is 24.4 Å². The molecule has 1 aliphatic heterocycles. The highest BCUT2D eigenvalue weighted by Crippen LogP contribution is 2.55. The Hall–Kier alpha value is -1.44. The van der Waals surface area contributed by atoms with E-state index in [2.05, 4.69) is 14.2 Å². The molecule has 38 heavy (non-hydrogen) atoms. The SMILES string of the molecule is O[C@@H]1[C@@H](O)[C@H](O)O[C@H](COC(F)(F)C(F)OC(F)(F)C(F)(OC(F)(F)C(F)(F)C(F)(F)F)C(F)(F)F)[C@@H]1O. The Morgan fingerprint density at radius 2 is 1.13 bits per heavy atom. The van der Waals surface area contributed by atoms with Crippen molar-refractivity contribution in [3.63, 3.8) is 0 Å². The van der Waals surface area contributed by atoms with Crippen LogP contribution in [-0.4, -0.2) is 107 Å². The van der Waals surface area contributed by atoms with E-state index in [1.54, 1.807) is 0 Å². The van der Waals surface area contributed by atoms with Crippen LogP contribution in [0.1, 0.15) is 0 Å². The minimum absolute atomic E-state index is 1.41. The smallest absolute Gasteiger partial charge is 0.387 e. The second kappa shape index (κ2) is 10.5. The standard InChI is InChI=1S/C14H12F16O8/c15-7(8(16,17)35-1-2-3(31)4(32)5(33)6(34)36-2)37-14(29,30)10(20,12(24,25)26)38-13(27,28)9(18,19)11(21,22)23/h2-7,31-34H,1H2/t2-,3+,4+,5-,6-,7?,10?/m1/s1. The number of hydrogen-bond acceptors (Lipinski definition) is 8. The van der Waals surface area contributed by atoms with E-state index < -0.39 is 86.1 Å². The molecule has 0 aromatic heterocycles. The molecule has 1 saturated heterocycles. The number of hydrogen-bond donors (Lipinski definition) is 4. The largest absolute Gasteiger partial charge is 0.462 e. The summed E-state index contributed by atoms with van der Waals surface area (Å²) < 4.78 is 219. The fraction of sp³-hybridized carbons (Fsp3) is 1.00. The summed E-state index contributed by atoms with van der Waals surface area (Å²) in [4.78, 5) is 0. The van der Waals surface area contributed by atoms with Gasteiger partial charge in [0.2, 0.25) is 0 Å². The third kappa shape index (κ3) is 6.47. The molecule has 0 amide bonds. The van der Waals surface area contributed by atoms with E-state index in [0.717, 1.165) is 0 Å². The molecular weight excluding hydrogens is 600 g/mol. The lowest BCUT2D eigenvalue weighted by atomic mass is 9.99. The third-order valence-corrected chi connectivity index (χ3v) is 4.37. The second-order valence-corrected chi connectivity index (χ2v) is 7.14. The normalized spacial score (nSPS) is 29.2. The minimum Gasteiger partial charge on any atom is -0.387 e. The van der Waals surface area contributed by atoms with Crippen molar-refractivity contribution < 1.29 is 110 Å². The average Bonchev–Trinajstić information content (AvgIpc) is 2.71. The number of halogens is 16. The highest BCUT2D eigenvalue weighted by Gasteiger charge is 2.84. The van der Waals surface area contributed by atoms with Crippen molar-refractivity contribution in [3.05, 3.63) is 0 Å². The minimum atomic E-state index is -7.86. The molecule has 1 rings (SSSR count). The molecule has 2 unspecified atom stereocenters. The highest BCUT2D eigenvalue weighted by atomic mass is 19.4. The van der Waals surface area contributed by atoms with Crippen molar-refractivity contribution >= 4 is 0 Å². The van der Waals surface area contributed by atoms with Gasteiger partial charge in [0.05, 0.1) is 6.61 Å². The van der Waals surface area contributed by atoms with Crippen molar-refractivity contribution in [1.82, 2.24) is 0 Å². The first-order chi connectivity index (χ1) is 16.6. The van der Waals surface area contributed by atoms with E-state index in [4.69, 9.17) is 10.2 Å². The van der Waals surface area contributed by atoms with Gasteiger partial charge in [-0.3, -0.25) is 9.47 Å². The molecule has 4 N–H and O–H groups in total. The van der Waals surface area contributed by atoms with Crippen LogP contribution in [0.3, 0.4) is 0 Å². The van der Waals surface area contributed by atoms with Crippen LogP contribution in [0.2, 0.25) is 0 Å². The van der Waals surface area contributed by atoms with E-state index in [0.29, 0.717) is 0 Å². The molecule has 0 aliphatic carbocycles. The predicted octanol–water partition coefficient (Wildman–Crippen LogP) is 2.34. The molecule has 0 radical (unpaired) electrons.